The Kier molecular flexibility index (Phi) is 8.46. The van der Waals surface area contributed by atoms with E-state index < -0.39 is 42.2 Å². The van der Waals surface area contributed by atoms with Gasteiger partial charge in [-0.05, 0) is 54.7 Å². The van der Waals surface area contributed by atoms with E-state index in [2.05, 4.69) is 5.32 Å². The fraction of sp³-hybridized carbons (Fsp3) is 0.333. The number of alkyl halides is 6. The van der Waals surface area contributed by atoms with Crippen LogP contribution in [0.5, 0.6) is 0 Å². The van der Waals surface area contributed by atoms with Crippen molar-refractivity contribution in [1.82, 2.24) is 10.6 Å². The number of benzene rings is 2. The first-order valence-corrected chi connectivity index (χ1v) is 11.8. The van der Waals surface area contributed by atoms with Crippen molar-refractivity contribution < 1.29 is 35.9 Å². The van der Waals surface area contributed by atoms with E-state index in [4.69, 9.17) is 34.8 Å². The van der Waals surface area contributed by atoms with E-state index in [0.29, 0.717) is 11.1 Å². The molecule has 2 aromatic rings. The minimum Gasteiger partial charge on any atom is -0.345 e. The summed E-state index contributed by atoms with van der Waals surface area (Å²) in [5.41, 5.74) is -0.787. The number of carbonyl (C=O) groups is 2. The standard InChI is InChI=1S/C24H19Cl3F6N2O2/c1-12-8-13(3-5-16(24(31,32)33)14-9-17(25)19(27)18(26)10-14)2-4-15(12)20(36)35-22(6-7-22)21(37)34-11-23(28,29)30/h2-5,8-10,16H,6-7,11H2,1H3,(H,34,37)(H,35,36). The predicted molar refractivity (Wildman–Crippen MR) is 129 cm³/mol. The molecule has 2 N–H and O–H groups in total. The Morgan fingerprint density at radius 1 is 1.03 bits per heavy atom. The van der Waals surface area contributed by atoms with E-state index in [1.165, 1.54) is 31.2 Å². The molecule has 1 aliphatic rings. The molecular formula is C24H19Cl3F6N2O2. The molecule has 1 saturated carbocycles. The summed E-state index contributed by atoms with van der Waals surface area (Å²) in [6, 6.07) is 6.37. The van der Waals surface area contributed by atoms with Crippen molar-refractivity contribution in [2.24, 2.45) is 0 Å². The van der Waals surface area contributed by atoms with Gasteiger partial charge < -0.3 is 10.6 Å². The number of hydrogen-bond donors (Lipinski definition) is 2. The topological polar surface area (TPSA) is 58.2 Å². The van der Waals surface area contributed by atoms with Crippen LogP contribution in [0.15, 0.2) is 36.4 Å². The van der Waals surface area contributed by atoms with Gasteiger partial charge in [0.15, 0.2) is 0 Å². The van der Waals surface area contributed by atoms with Crippen LogP contribution in [-0.4, -0.2) is 36.3 Å². The SMILES string of the molecule is Cc1cc(C=CC(c2cc(Cl)c(Cl)c(Cl)c2)C(F)(F)F)ccc1C(=O)NC1(C(=O)NCC(F)(F)F)CC1. The van der Waals surface area contributed by atoms with Crippen LogP contribution >= 0.6 is 34.8 Å². The first kappa shape index (κ1) is 29.1. The largest absolute Gasteiger partial charge is 0.405 e. The van der Waals surface area contributed by atoms with Gasteiger partial charge in [0.05, 0.1) is 21.0 Å². The lowest BCUT2D eigenvalue weighted by Gasteiger charge is -2.19. The zero-order valence-corrected chi connectivity index (χ0v) is 21.2. The minimum absolute atomic E-state index is 0.0627. The summed E-state index contributed by atoms with van der Waals surface area (Å²) >= 11 is 17.6. The monoisotopic (exact) mass is 586 g/mol. The Morgan fingerprint density at radius 2 is 1.62 bits per heavy atom. The molecule has 200 valence electrons. The normalized spacial score (nSPS) is 15.9. The zero-order chi connectivity index (χ0) is 27.8. The zero-order valence-electron chi connectivity index (χ0n) is 19.0. The van der Waals surface area contributed by atoms with E-state index in [1.54, 1.807) is 5.32 Å². The minimum atomic E-state index is -4.67. The van der Waals surface area contributed by atoms with Gasteiger partial charge in [0.2, 0.25) is 5.91 Å². The Labute approximate surface area is 222 Å². The van der Waals surface area contributed by atoms with Crippen molar-refractivity contribution in [2.45, 2.75) is 43.6 Å². The van der Waals surface area contributed by atoms with Crippen molar-refractivity contribution in [3.05, 3.63) is 73.7 Å². The molecule has 0 spiro atoms. The van der Waals surface area contributed by atoms with Gasteiger partial charge in [-0.3, -0.25) is 9.59 Å². The van der Waals surface area contributed by atoms with Crippen LogP contribution in [-0.2, 0) is 4.79 Å². The summed E-state index contributed by atoms with van der Waals surface area (Å²) < 4.78 is 78.4. The van der Waals surface area contributed by atoms with Crippen LogP contribution in [0.3, 0.4) is 0 Å². The molecule has 1 fully saturated rings. The van der Waals surface area contributed by atoms with Crippen molar-refractivity contribution in [2.75, 3.05) is 6.54 Å². The Balaban J connectivity index is 1.76. The molecule has 0 aromatic heterocycles. The summed E-state index contributed by atoms with van der Waals surface area (Å²) in [7, 11) is 0. The summed E-state index contributed by atoms with van der Waals surface area (Å²) in [6.45, 7) is 0.0202. The molecule has 37 heavy (non-hydrogen) atoms. The summed E-state index contributed by atoms with van der Waals surface area (Å²) in [6.07, 6.45) is -6.77. The molecule has 0 aliphatic heterocycles. The van der Waals surface area contributed by atoms with Crippen molar-refractivity contribution in [1.29, 1.82) is 0 Å². The van der Waals surface area contributed by atoms with Gasteiger partial charge >= 0.3 is 12.4 Å². The molecule has 1 aliphatic carbocycles. The number of halogens is 9. The second-order valence-electron chi connectivity index (χ2n) is 8.59. The third-order valence-electron chi connectivity index (χ3n) is 5.68. The van der Waals surface area contributed by atoms with Gasteiger partial charge in [-0.25, -0.2) is 0 Å². The summed E-state index contributed by atoms with van der Waals surface area (Å²) in [5.74, 6) is -3.67. The van der Waals surface area contributed by atoms with Crippen molar-refractivity contribution >= 4 is 52.7 Å². The average molecular weight is 588 g/mol. The number of rotatable bonds is 7. The van der Waals surface area contributed by atoms with Gasteiger partial charge in [-0.1, -0.05) is 59.1 Å². The lowest BCUT2D eigenvalue weighted by Crippen LogP contribution is -2.50. The fourth-order valence-electron chi connectivity index (χ4n) is 3.58. The summed E-state index contributed by atoms with van der Waals surface area (Å²) in [5, 5.41) is 3.92. The van der Waals surface area contributed by atoms with Crippen molar-refractivity contribution in [3.63, 3.8) is 0 Å². The molecule has 2 aromatic carbocycles. The Hall–Kier alpha value is -2.43. The van der Waals surface area contributed by atoms with Gasteiger partial charge in [0, 0.05) is 5.56 Å². The maximum atomic E-state index is 13.8. The van der Waals surface area contributed by atoms with Crippen LogP contribution < -0.4 is 10.6 Å². The lowest BCUT2D eigenvalue weighted by atomic mass is 9.96. The molecule has 1 atom stereocenters. The first-order chi connectivity index (χ1) is 17.0. The molecule has 13 heteroatoms. The van der Waals surface area contributed by atoms with Gasteiger partial charge in [-0.15, -0.1) is 0 Å². The Morgan fingerprint density at radius 3 is 2.11 bits per heavy atom. The molecular weight excluding hydrogens is 569 g/mol. The number of amides is 2. The second-order valence-corrected chi connectivity index (χ2v) is 9.78. The number of carbonyl (C=O) groups excluding carboxylic acids is 2. The number of hydrogen-bond acceptors (Lipinski definition) is 2. The predicted octanol–water partition coefficient (Wildman–Crippen LogP) is 7.26. The van der Waals surface area contributed by atoms with Crippen LogP contribution in [0.1, 0.15) is 45.8 Å². The molecule has 0 heterocycles. The maximum Gasteiger partial charge on any atom is 0.405 e. The second kappa shape index (κ2) is 10.7. The lowest BCUT2D eigenvalue weighted by molar-refractivity contribution is -0.140. The van der Waals surface area contributed by atoms with Crippen LogP contribution in [0.25, 0.3) is 6.08 Å². The third-order valence-corrected chi connectivity index (χ3v) is 6.88. The highest BCUT2D eigenvalue weighted by Gasteiger charge is 2.52. The molecule has 2 amide bonds. The van der Waals surface area contributed by atoms with E-state index >= 15 is 0 Å². The maximum absolute atomic E-state index is 13.8. The number of aryl methyl sites for hydroxylation is 1. The summed E-state index contributed by atoms with van der Waals surface area (Å²) in [4.78, 5) is 24.8. The number of allylic oxidation sites excluding steroid dienone is 1. The molecule has 3 rings (SSSR count). The third kappa shape index (κ3) is 7.33. The van der Waals surface area contributed by atoms with Gasteiger partial charge in [0.25, 0.3) is 5.91 Å². The van der Waals surface area contributed by atoms with E-state index in [9.17, 15) is 35.9 Å². The number of nitrogens with one attached hydrogen (secondary N) is 2. The van der Waals surface area contributed by atoms with E-state index in [-0.39, 0.29) is 39.0 Å². The highest BCUT2D eigenvalue weighted by molar-refractivity contribution is 6.48. The highest BCUT2D eigenvalue weighted by atomic mass is 35.5. The smallest absolute Gasteiger partial charge is 0.345 e. The molecule has 4 nitrogen and oxygen atoms in total. The van der Waals surface area contributed by atoms with Crippen LogP contribution in [0.2, 0.25) is 15.1 Å². The Bertz CT molecular complexity index is 1220. The molecule has 0 saturated heterocycles. The average Bonchev–Trinajstić information content (AvgIpc) is 3.55. The van der Waals surface area contributed by atoms with Crippen LogP contribution in [0.4, 0.5) is 26.3 Å². The molecule has 0 bridgehead atoms. The first-order valence-electron chi connectivity index (χ1n) is 10.7. The quantitative estimate of drug-likeness (QED) is 0.265. The molecule has 0 radical (unpaired) electrons. The van der Waals surface area contributed by atoms with Gasteiger partial charge in [0.1, 0.15) is 12.1 Å². The van der Waals surface area contributed by atoms with E-state index in [0.717, 1.165) is 18.2 Å². The highest BCUT2D eigenvalue weighted by Crippen LogP contribution is 2.41. The van der Waals surface area contributed by atoms with Crippen LogP contribution in [0, 0.1) is 6.92 Å². The van der Waals surface area contributed by atoms with Gasteiger partial charge in [-0.2, -0.15) is 26.3 Å². The fourth-order valence-corrected chi connectivity index (χ4v) is 4.20. The van der Waals surface area contributed by atoms with E-state index in [1.807, 2.05) is 0 Å². The molecule has 1 unspecified atom stereocenters. The van der Waals surface area contributed by atoms with Crippen molar-refractivity contribution in [3.8, 4) is 0 Å².